The van der Waals surface area contributed by atoms with Crippen LogP contribution in [0.2, 0.25) is 0 Å². The predicted octanol–water partition coefficient (Wildman–Crippen LogP) is 4.20. The molecule has 3 nitrogen and oxygen atoms in total. The molecule has 0 atom stereocenters. The molecule has 17 heavy (non-hydrogen) atoms. The van der Waals surface area contributed by atoms with E-state index in [-0.39, 0.29) is 0 Å². The van der Waals surface area contributed by atoms with Crippen molar-refractivity contribution < 1.29 is 0 Å². The van der Waals surface area contributed by atoms with Crippen LogP contribution in [0.3, 0.4) is 0 Å². The summed E-state index contributed by atoms with van der Waals surface area (Å²) in [6.45, 7) is 3.30. The number of aromatic nitrogens is 3. The number of nitrogens with zero attached hydrogens (tertiary/aromatic N) is 3. The van der Waals surface area contributed by atoms with Crippen LogP contribution in [-0.2, 0) is 6.54 Å². The second kappa shape index (κ2) is 10.3. The summed E-state index contributed by atoms with van der Waals surface area (Å²) in [5, 5.41) is 7.76. The lowest BCUT2D eigenvalue weighted by molar-refractivity contribution is 0.507. The van der Waals surface area contributed by atoms with Crippen LogP contribution in [0.15, 0.2) is 12.4 Å². The van der Waals surface area contributed by atoms with Crippen molar-refractivity contribution >= 4 is 0 Å². The third-order valence-electron chi connectivity index (χ3n) is 3.21. The maximum Gasteiger partial charge on any atom is 0.0692 e. The number of hydrogen-bond donors (Lipinski definition) is 0. The van der Waals surface area contributed by atoms with E-state index in [1.165, 1.54) is 64.2 Å². The number of aryl methyl sites for hydroxylation is 1. The average molecular weight is 237 g/mol. The first kappa shape index (κ1) is 14.2. The van der Waals surface area contributed by atoms with Crippen molar-refractivity contribution in [2.24, 2.45) is 0 Å². The van der Waals surface area contributed by atoms with Crippen molar-refractivity contribution in [3.05, 3.63) is 12.4 Å². The van der Waals surface area contributed by atoms with E-state index in [1.54, 1.807) is 6.20 Å². The molecule has 0 radical (unpaired) electrons. The Kier molecular flexibility index (Phi) is 8.61. The molecule has 0 aliphatic rings. The van der Waals surface area contributed by atoms with Crippen LogP contribution in [0.4, 0.5) is 0 Å². The van der Waals surface area contributed by atoms with Crippen LogP contribution in [0.1, 0.15) is 71.1 Å². The molecule has 0 spiro atoms. The lowest BCUT2D eigenvalue weighted by Crippen LogP contribution is -1.98. The molecular weight excluding hydrogens is 210 g/mol. The topological polar surface area (TPSA) is 30.7 Å². The zero-order chi connectivity index (χ0) is 12.2. The molecule has 3 heteroatoms. The molecule has 0 amide bonds. The van der Waals surface area contributed by atoms with Gasteiger partial charge in [-0.3, -0.25) is 4.68 Å². The summed E-state index contributed by atoms with van der Waals surface area (Å²) in [5.74, 6) is 0. The van der Waals surface area contributed by atoms with Crippen molar-refractivity contribution in [1.29, 1.82) is 0 Å². The van der Waals surface area contributed by atoms with Gasteiger partial charge in [0.1, 0.15) is 0 Å². The summed E-state index contributed by atoms with van der Waals surface area (Å²) >= 11 is 0. The van der Waals surface area contributed by atoms with Gasteiger partial charge in [-0.05, 0) is 6.42 Å². The third kappa shape index (κ3) is 7.94. The highest BCUT2D eigenvalue weighted by atomic mass is 15.4. The van der Waals surface area contributed by atoms with Crippen LogP contribution in [0.25, 0.3) is 0 Å². The van der Waals surface area contributed by atoms with Gasteiger partial charge in [0.2, 0.25) is 0 Å². The highest BCUT2D eigenvalue weighted by Gasteiger charge is 1.94. The smallest absolute Gasteiger partial charge is 0.0692 e. The maximum atomic E-state index is 3.96. The van der Waals surface area contributed by atoms with Gasteiger partial charge in [0.15, 0.2) is 0 Å². The van der Waals surface area contributed by atoms with Crippen LogP contribution < -0.4 is 0 Å². The molecule has 1 aromatic heterocycles. The fourth-order valence-corrected chi connectivity index (χ4v) is 2.11. The standard InChI is InChI=1S/C14H27N3/c1-2-3-4-5-6-7-8-9-10-11-13-17-14-12-15-16-17/h12,14H,2-11,13H2,1H3. The summed E-state index contributed by atoms with van der Waals surface area (Å²) in [4.78, 5) is 0. The molecule has 1 aromatic rings. The second-order valence-corrected chi connectivity index (χ2v) is 4.85. The monoisotopic (exact) mass is 237 g/mol. The summed E-state index contributed by atoms with van der Waals surface area (Å²) in [5.41, 5.74) is 0. The van der Waals surface area contributed by atoms with E-state index in [0.29, 0.717) is 0 Å². The normalized spacial score (nSPS) is 10.9. The Balaban J connectivity index is 1.76. The van der Waals surface area contributed by atoms with Crippen molar-refractivity contribution in [3.63, 3.8) is 0 Å². The van der Waals surface area contributed by atoms with Gasteiger partial charge in [-0.25, -0.2) is 0 Å². The molecule has 0 fully saturated rings. The predicted molar refractivity (Wildman–Crippen MR) is 71.9 cm³/mol. The van der Waals surface area contributed by atoms with Gasteiger partial charge in [0.05, 0.1) is 6.20 Å². The van der Waals surface area contributed by atoms with E-state index in [9.17, 15) is 0 Å². The Hall–Kier alpha value is -0.860. The first-order valence-electron chi connectivity index (χ1n) is 7.27. The van der Waals surface area contributed by atoms with Gasteiger partial charge >= 0.3 is 0 Å². The van der Waals surface area contributed by atoms with Crippen molar-refractivity contribution in [3.8, 4) is 0 Å². The Morgan fingerprint density at radius 3 is 1.94 bits per heavy atom. The lowest BCUT2D eigenvalue weighted by atomic mass is 10.1. The molecule has 98 valence electrons. The Labute approximate surface area is 106 Å². The molecule has 1 heterocycles. The fraction of sp³-hybridized carbons (Fsp3) is 0.857. The van der Waals surface area contributed by atoms with E-state index >= 15 is 0 Å². The molecule has 0 saturated carbocycles. The van der Waals surface area contributed by atoms with Crippen LogP contribution >= 0.6 is 0 Å². The second-order valence-electron chi connectivity index (χ2n) is 4.85. The molecule has 1 rings (SSSR count). The molecule has 0 N–H and O–H groups in total. The molecule has 0 unspecified atom stereocenters. The average Bonchev–Trinajstić information content (AvgIpc) is 2.85. The van der Waals surface area contributed by atoms with E-state index in [4.69, 9.17) is 0 Å². The van der Waals surface area contributed by atoms with Crippen LogP contribution in [-0.4, -0.2) is 15.0 Å². The SMILES string of the molecule is CCCCCCCCCCCCn1ccnn1. The van der Waals surface area contributed by atoms with Gasteiger partial charge in [-0.2, -0.15) is 0 Å². The van der Waals surface area contributed by atoms with Crippen molar-refractivity contribution in [1.82, 2.24) is 15.0 Å². The van der Waals surface area contributed by atoms with Gasteiger partial charge < -0.3 is 0 Å². The zero-order valence-electron chi connectivity index (χ0n) is 11.3. The Bertz CT molecular complexity index is 244. The molecule has 0 aliphatic carbocycles. The Morgan fingerprint density at radius 2 is 1.41 bits per heavy atom. The minimum atomic E-state index is 1.02. The molecule has 0 aromatic carbocycles. The number of rotatable bonds is 11. The third-order valence-corrected chi connectivity index (χ3v) is 3.21. The lowest BCUT2D eigenvalue weighted by Gasteiger charge is -2.02. The summed E-state index contributed by atoms with van der Waals surface area (Å²) in [6.07, 6.45) is 17.5. The van der Waals surface area contributed by atoms with Crippen LogP contribution in [0.5, 0.6) is 0 Å². The van der Waals surface area contributed by atoms with Gasteiger partial charge in [0, 0.05) is 12.7 Å². The molecular formula is C14H27N3. The Morgan fingerprint density at radius 1 is 0.824 bits per heavy atom. The van der Waals surface area contributed by atoms with Crippen molar-refractivity contribution in [2.45, 2.75) is 77.7 Å². The van der Waals surface area contributed by atoms with E-state index in [2.05, 4.69) is 17.2 Å². The first-order chi connectivity index (χ1) is 8.43. The highest BCUT2D eigenvalue weighted by molar-refractivity contribution is 4.63. The molecule has 0 bridgehead atoms. The van der Waals surface area contributed by atoms with Crippen LogP contribution in [0, 0.1) is 0 Å². The van der Waals surface area contributed by atoms with Gasteiger partial charge in [-0.15, -0.1) is 5.10 Å². The van der Waals surface area contributed by atoms with E-state index in [0.717, 1.165) is 6.54 Å². The summed E-state index contributed by atoms with van der Waals surface area (Å²) in [7, 11) is 0. The summed E-state index contributed by atoms with van der Waals surface area (Å²) in [6, 6.07) is 0. The van der Waals surface area contributed by atoms with Gasteiger partial charge in [0.25, 0.3) is 0 Å². The van der Waals surface area contributed by atoms with E-state index < -0.39 is 0 Å². The number of hydrogen-bond acceptors (Lipinski definition) is 2. The molecule has 0 aliphatic heterocycles. The quantitative estimate of drug-likeness (QED) is 0.540. The van der Waals surface area contributed by atoms with E-state index in [1.807, 2.05) is 10.9 Å². The minimum absolute atomic E-state index is 1.02. The van der Waals surface area contributed by atoms with Gasteiger partial charge in [-0.1, -0.05) is 69.9 Å². The largest absolute Gasteiger partial charge is 0.253 e. The molecule has 0 saturated heterocycles. The summed E-state index contributed by atoms with van der Waals surface area (Å²) < 4.78 is 1.92. The van der Waals surface area contributed by atoms with Crippen molar-refractivity contribution in [2.75, 3.05) is 0 Å². The highest BCUT2D eigenvalue weighted by Crippen LogP contribution is 2.10. The minimum Gasteiger partial charge on any atom is -0.253 e. The zero-order valence-corrected chi connectivity index (χ0v) is 11.3. The first-order valence-corrected chi connectivity index (χ1v) is 7.27. The number of unbranched alkanes of at least 4 members (excludes halogenated alkanes) is 9. The fourth-order valence-electron chi connectivity index (χ4n) is 2.11. The maximum absolute atomic E-state index is 3.96.